The van der Waals surface area contributed by atoms with E-state index in [1.807, 2.05) is 30.9 Å². The minimum atomic E-state index is -0.185. The average Bonchev–Trinajstić information content (AvgIpc) is 2.79. The van der Waals surface area contributed by atoms with Crippen molar-refractivity contribution in [1.82, 2.24) is 4.90 Å². The van der Waals surface area contributed by atoms with E-state index < -0.39 is 0 Å². The molecule has 1 saturated heterocycles. The zero-order valence-corrected chi connectivity index (χ0v) is 18.8. The van der Waals surface area contributed by atoms with E-state index >= 15 is 0 Å². The Hall–Kier alpha value is -3.35. The van der Waals surface area contributed by atoms with Crippen LogP contribution in [0.2, 0.25) is 0 Å². The van der Waals surface area contributed by atoms with Crippen LogP contribution in [0.5, 0.6) is 0 Å². The maximum atomic E-state index is 12.5. The largest absolute Gasteiger partial charge is 0.376 e. The Labute approximate surface area is 189 Å². The Morgan fingerprint density at radius 3 is 1.88 bits per heavy atom. The lowest BCUT2D eigenvalue weighted by Gasteiger charge is -2.26. The third kappa shape index (κ3) is 7.11. The summed E-state index contributed by atoms with van der Waals surface area (Å²) in [6.45, 7) is 5.74. The van der Waals surface area contributed by atoms with E-state index in [0.717, 1.165) is 31.6 Å². The topological polar surface area (TPSA) is 90.5 Å². The highest BCUT2D eigenvalue weighted by molar-refractivity contribution is 5.96. The van der Waals surface area contributed by atoms with Crippen LogP contribution in [0.1, 0.15) is 49.9 Å². The first-order valence-electron chi connectivity index (χ1n) is 11.2. The molecule has 3 rings (SSSR count). The molecule has 0 atom stereocenters. The highest BCUT2D eigenvalue weighted by Gasteiger charge is 2.17. The van der Waals surface area contributed by atoms with Crippen molar-refractivity contribution in [2.24, 2.45) is 5.92 Å². The number of piperidine rings is 1. The summed E-state index contributed by atoms with van der Waals surface area (Å²) in [6, 6.07) is 14.3. The van der Waals surface area contributed by atoms with E-state index in [9.17, 15) is 14.4 Å². The van der Waals surface area contributed by atoms with Crippen molar-refractivity contribution in [3.8, 4) is 0 Å². The van der Waals surface area contributed by atoms with Gasteiger partial charge in [-0.05, 0) is 73.7 Å². The Kier molecular flexibility index (Phi) is 8.25. The van der Waals surface area contributed by atoms with Gasteiger partial charge in [0, 0.05) is 42.1 Å². The van der Waals surface area contributed by atoms with Gasteiger partial charge in [0.15, 0.2) is 0 Å². The number of rotatable bonds is 8. The number of likely N-dealkylation sites (tertiary alicyclic amines) is 1. The van der Waals surface area contributed by atoms with Crippen LogP contribution in [0.3, 0.4) is 0 Å². The van der Waals surface area contributed by atoms with Gasteiger partial charge >= 0.3 is 0 Å². The number of hydrogen-bond donors (Lipinski definition) is 3. The molecule has 7 heteroatoms. The first-order valence-corrected chi connectivity index (χ1v) is 11.2. The highest BCUT2D eigenvalue weighted by atomic mass is 16.2. The van der Waals surface area contributed by atoms with Crippen molar-refractivity contribution in [1.29, 1.82) is 0 Å². The van der Waals surface area contributed by atoms with Gasteiger partial charge in [-0.25, -0.2) is 0 Å². The molecule has 0 aromatic heterocycles. The third-order valence-corrected chi connectivity index (χ3v) is 5.27. The molecule has 0 radical (unpaired) electrons. The Balaban J connectivity index is 1.44. The van der Waals surface area contributed by atoms with E-state index in [4.69, 9.17) is 0 Å². The van der Waals surface area contributed by atoms with Crippen molar-refractivity contribution < 1.29 is 14.4 Å². The van der Waals surface area contributed by atoms with Gasteiger partial charge in [0.05, 0.1) is 6.54 Å². The Morgan fingerprint density at radius 1 is 0.781 bits per heavy atom. The van der Waals surface area contributed by atoms with Gasteiger partial charge in [-0.2, -0.15) is 0 Å². The van der Waals surface area contributed by atoms with Crippen LogP contribution >= 0.6 is 0 Å². The minimum absolute atomic E-state index is 0.0235. The number of carbonyl (C=O) groups excluding carboxylic acids is 3. The lowest BCUT2D eigenvalue weighted by Crippen LogP contribution is -2.35. The van der Waals surface area contributed by atoms with Crippen molar-refractivity contribution in [3.63, 3.8) is 0 Å². The quantitative estimate of drug-likeness (QED) is 0.574. The van der Waals surface area contributed by atoms with Gasteiger partial charge in [0.2, 0.25) is 11.8 Å². The molecule has 3 N–H and O–H groups in total. The molecule has 1 fully saturated rings. The second-order valence-corrected chi connectivity index (χ2v) is 8.56. The lowest BCUT2D eigenvalue weighted by atomic mass is 10.1. The number of carbonyl (C=O) groups is 3. The van der Waals surface area contributed by atoms with Gasteiger partial charge < -0.3 is 20.9 Å². The molecule has 170 valence electrons. The Bertz CT molecular complexity index is 917. The summed E-state index contributed by atoms with van der Waals surface area (Å²) < 4.78 is 0. The predicted molar refractivity (Wildman–Crippen MR) is 128 cm³/mol. The molecule has 2 aromatic rings. The first-order chi connectivity index (χ1) is 15.4. The van der Waals surface area contributed by atoms with Crippen molar-refractivity contribution >= 4 is 34.8 Å². The number of amides is 3. The zero-order chi connectivity index (χ0) is 22.9. The molecule has 0 aliphatic carbocycles. The van der Waals surface area contributed by atoms with E-state index in [2.05, 4.69) is 16.0 Å². The van der Waals surface area contributed by atoms with Gasteiger partial charge in [-0.15, -0.1) is 0 Å². The van der Waals surface area contributed by atoms with Crippen LogP contribution in [0.4, 0.5) is 17.1 Å². The molecule has 1 heterocycles. The summed E-state index contributed by atoms with van der Waals surface area (Å²) in [5.74, 6) is 0.157. The second-order valence-electron chi connectivity index (χ2n) is 8.56. The highest BCUT2D eigenvalue weighted by Crippen LogP contribution is 2.17. The lowest BCUT2D eigenvalue weighted by molar-refractivity contribution is -0.117. The van der Waals surface area contributed by atoms with Gasteiger partial charge in [0.25, 0.3) is 5.91 Å². The standard InChI is InChI=1S/C25H32N4O3/c1-18(2)16-23(30)27-21-10-12-22(13-11-21)28-24(31)17-26-20-8-6-19(7-9-20)25(32)29-14-4-3-5-15-29/h6-13,18,26H,3-5,14-17H2,1-2H3,(H,27,30)(H,28,31). The van der Waals surface area contributed by atoms with Crippen molar-refractivity contribution in [3.05, 3.63) is 54.1 Å². The summed E-state index contributed by atoms with van der Waals surface area (Å²) in [4.78, 5) is 38.5. The summed E-state index contributed by atoms with van der Waals surface area (Å²) in [7, 11) is 0. The molecular weight excluding hydrogens is 404 g/mol. The second kappa shape index (κ2) is 11.3. The summed E-state index contributed by atoms with van der Waals surface area (Å²) in [6.07, 6.45) is 3.79. The number of nitrogens with one attached hydrogen (secondary N) is 3. The summed E-state index contributed by atoms with van der Waals surface area (Å²) in [5.41, 5.74) is 2.80. The number of benzene rings is 2. The summed E-state index contributed by atoms with van der Waals surface area (Å²) in [5, 5.41) is 8.74. The zero-order valence-electron chi connectivity index (χ0n) is 18.8. The van der Waals surface area contributed by atoms with E-state index in [0.29, 0.717) is 29.3 Å². The minimum Gasteiger partial charge on any atom is -0.376 e. The fourth-order valence-electron chi connectivity index (χ4n) is 3.62. The summed E-state index contributed by atoms with van der Waals surface area (Å²) >= 11 is 0. The molecule has 0 unspecified atom stereocenters. The number of hydrogen-bond acceptors (Lipinski definition) is 4. The van der Waals surface area contributed by atoms with Crippen LogP contribution in [0.25, 0.3) is 0 Å². The molecule has 0 spiro atoms. The van der Waals surface area contributed by atoms with Gasteiger partial charge in [-0.3, -0.25) is 14.4 Å². The van der Waals surface area contributed by atoms with Crippen LogP contribution in [-0.4, -0.2) is 42.3 Å². The molecule has 32 heavy (non-hydrogen) atoms. The molecule has 0 bridgehead atoms. The smallest absolute Gasteiger partial charge is 0.253 e. The fourth-order valence-corrected chi connectivity index (χ4v) is 3.62. The van der Waals surface area contributed by atoms with E-state index in [1.165, 1.54) is 6.42 Å². The van der Waals surface area contributed by atoms with Crippen molar-refractivity contribution in [2.75, 3.05) is 35.6 Å². The normalized spacial score (nSPS) is 13.5. The number of nitrogens with zero attached hydrogens (tertiary/aromatic N) is 1. The number of anilines is 3. The monoisotopic (exact) mass is 436 g/mol. The molecule has 2 aromatic carbocycles. The van der Waals surface area contributed by atoms with Crippen LogP contribution in [0.15, 0.2) is 48.5 Å². The van der Waals surface area contributed by atoms with E-state index in [1.54, 1.807) is 36.4 Å². The Morgan fingerprint density at radius 2 is 1.31 bits per heavy atom. The molecule has 1 aliphatic heterocycles. The first kappa shape index (κ1) is 23.3. The van der Waals surface area contributed by atoms with Crippen molar-refractivity contribution in [2.45, 2.75) is 39.5 Å². The van der Waals surface area contributed by atoms with Crippen LogP contribution in [0, 0.1) is 5.92 Å². The van der Waals surface area contributed by atoms with Gasteiger partial charge in [-0.1, -0.05) is 13.8 Å². The van der Waals surface area contributed by atoms with E-state index in [-0.39, 0.29) is 24.3 Å². The van der Waals surface area contributed by atoms with Crippen LogP contribution < -0.4 is 16.0 Å². The molecule has 7 nitrogen and oxygen atoms in total. The molecule has 0 saturated carbocycles. The SMILES string of the molecule is CC(C)CC(=O)Nc1ccc(NC(=O)CNc2ccc(C(=O)N3CCCCC3)cc2)cc1. The molecule has 1 aliphatic rings. The maximum absolute atomic E-state index is 12.5. The van der Waals surface area contributed by atoms with Gasteiger partial charge in [0.1, 0.15) is 0 Å². The van der Waals surface area contributed by atoms with Crippen LogP contribution in [-0.2, 0) is 9.59 Å². The predicted octanol–water partition coefficient (Wildman–Crippen LogP) is 4.35. The third-order valence-electron chi connectivity index (χ3n) is 5.27. The average molecular weight is 437 g/mol. The maximum Gasteiger partial charge on any atom is 0.253 e. The molecule has 3 amide bonds. The fraction of sp³-hybridized carbons (Fsp3) is 0.400. The molecular formula is C25H32N4O3.